The van der Waals surface area contributed by atoms with Gasteiger partial charge in [-0.15, -0.1) is 11.3 Å². The number of halogens is 7. The molecular weight excluding hydrogens is 830 g/mol. The van der Waals surface area contributed by atoms with Crippen LogP contribution in [0, 0.1) is 17.6 Å². The molecule has 3 N–H and O–H groups in total. The Hall–Kier alpha value is -6.16. The lowest BCUT2D eigenvalue weighted by atomic mass is 9.81. The zero-order valence-corrected chi connectivity index (χ0v) is 31.9. The zero-order chi connectivity index (χ0) is 41.8. The number of imidazole rings is 1. The van der Waals surface area contributed by atoms with Gasteiger partial charge in [-0.2, -0.15) is 32.1 Å². The summed E-state index contributed by atoms with van der Waals surface area (Å²) in [5.41, 5.74) is -1.41. The summed E-state index contributed by atoms with van der Waals surface area (Å²) in [5.74, 6) is -9.50. The molecule has 22 heteroatoms. The van der Waals surface area contributed by atoms with Crippen LogP contribution < -0.4 is 10.0 Å². The Labute approximate surface area is 332 Å². The zero-order valence-electron chi connectivity index (χ0n) is 30.3. The molecule has 0 fully saturated rings. The summed E-state index contributed by atoms with van der Waals surface area (Å²) in [6.45, 7) is -1.09. The number of nitrogens with one attached hydrogen (secondary N) is 3. The number of rotatable bonds is 10. The van der Waals surface area contributed by atoms with Crippen molar-refractivity contribution in [1.29, 1.82) is 0 Å². The molecule has 1 amide bonds. The lowest BCUT2D eigenvalue weighted by Gasteiger charge is -2.27. The molecule has 0 saturated carbocycles. The van der Waals surface area contributed by atoms with E-state index in [4.69, 9.17) is 4.98 Å². The van der Waals surface area contributed by atoms with Crippen LogP contribution in [0.2, 0.25) is 0 Å². The van der Waals surface area contributed by atoms with E-state index in [9.17, 15) is 35.2 Å². The molecule has 0 unspecified atom stereocenters. The number of anilines is 1. The molecule has 2 aliphatic rings. The van der Waals surface area contributed by atoms with Crippen LogP contribution in [0.25, 0.3) is 43.1 Å². The molecule has 9 rings (SSSR count). The van der Waals surface area contributed by atoms with E-state index in [1.807, 2.05) is 0 Å². The summed E-state index contributed by atoms with van der Waals surface area (Å²) in [6, 6.07) is 7.94. The Morgan fingerprint density at radius 3 is 2.47 bits per heavy atom. The Bertz CT molecular complexity index is 2970. The number of hydrogen-bond acceptors (Lipinski definition) is 9. The van der Waals surface area contributed by atoms with Gasteiger partial charge in [-0.05, 0) is 36.2 Å². The van der Waals surface area contributed by atoms with Crippen LogP contribution in [-0.4, -0.2) is 60.1 Å². The van der Waals surface area contributed by atoms with Crippen LogP contribution in [0.5, 0.6) is 0 Å². The van der Waals surface area contributed by atoms with Crippen LogP contribution in [0.15, 0.2) is 67.1 Å². The lowest BCUT2D eigenvalue weighted by Crippen LogP contribution is -2.36. The first-order valence-corrected chi connectivity index (χ1v) is 20.3. The first kappa shape index (κ1) is 38.4. The van der Waals surface area contributed by atoms with Crippen LogP contribution >= 0.6 is 11.3 Å². The first-order chi connectivity index (χ1) is 27.9. The number of H-pyrrole nitrogens is 1. The van der Waals surface area contributed by atoms with Crippen molar-refractivity contribution >= 4 is 54.3 Å². The maximum Gasteiger partial charge on any atom is 0.435 e. The number of alkyl halides is 5. The van der Waals surface area contributed by atoms with Crippen LogP contribution in [0.3, 0.4) is 0 Å². The number of sulfonamides is 1. The minimum absolute atomic E-state index is 0.00607. The average Bonchev–Trinajstić information content (AvgIpc) is 3.93. The highest BCUT2D eigenvalue weighted by atomic mass is 32.2. The van der Waals surface area contributed by atoms with Crippen molar-refractivity contribution in [2.75, 3.05) is 11.0 Å². The number of amides is 1. The molecular formula is C37H27F7N10O3S2. The standard InChI is InChI=1S/C37H27F7N10O3S2/c1-53-30-19(4-3-5-21(30)33(51-53)52-59(2,56)57)22-12-26-34(49-35(58-26)25-13-45-15-46-25)48-29(22)24(10-16-8-17(38)11-18(39)9-16)47-27(55)14-54-32-28(31(50-54)37(42,43)44)20-6-7-23(20)36(32,40)41/h3-9,11-13,15,20,23-24H,10,14H2,1-2H3,(H,45,46)(H,47,55)(H,51,52)/t20-,23+,24-/m0/s1. The second kappa shape index (κ2) is 13.4. The smallest absolute Gasteiger partial charge is 0.350 e. The average molecular weight is 857 g/mol. The number of carbonyl (C=O) groups is 1. The highest BCUT2D eigenvalue weighted by Crippen LogP contribution is 2.60. The fourth-order valence-electron chi connectivity index (χ4n) is 7.79. The van der Waals surface area contributed by atoms with Gasteiger partial charge in [0.25, 0.3) is 5.92 Å². The van der Waals surface area contributed by atoms with Crippen molar-refractivity contribution in [3.05, 3.63) is 107 Å². The fraction of sp³-hybridized carbons (Fsp3) is 0.243. The van der Waals surface area contributed by atoms with Crippen LogP contribution in [0.4, 0.5) is 36.6 Å². The maximum absolute atomic E-state index is 15.6. The molecule has 13 nitrogen and oxygen atoms in total. The van der Waals surface area contributed by atoms with Gasteiger partial charge < -0.3 is 10.3 Å². The van der Waals surface area contributed by atoms with E-state index in [-0.39, 0.29) is 29.1 Å². The quantitative estimate of drug-likeness (QED) is 0.0980. The van der Waals surface area contributed by atoms with E-state index in [1.54, 1.807) is 37.5 Å². The third-order valence-corrected chi connectivity index (χ3v) is 11.7. The highest BCUT2D eigenvalue weighted by Gasteiger charge is 2.61. The molecule has 0 radical (unpaired) electrons. The van der Waals surface area contributed by atoms with Gasteiger partial charge in [0.1, 0.15) is 34.6 Å². The third kappa shape index (κ3) is 6.68. The molecule has 0 aliphatic heterocycles. The van der Waals surface area contributed by atoms with E-state index < -0.39 is 81.0 Å². The predicted molar refractivity (Wildman–Crippen MR) is 201 cm³/mol. The minimum Gasteiger partial charge on any atom is -0.350 e. The third-order valence-electron chi connectivity index (χ3n) is 10.1. The summed E-state index contributed by atoms with van der Waals surface area (Å²) in [6.07, 6.45) is 0.901. The SMILES string of the molecule is Cn1nc(NS(C)(=O)=O)c2cccc(-c3cc4sc(-c5c[nH]cn5)nc4nc3[C@H](Cc3cc(F)cc(F)c3)NC(=O)Cn3nc(C(F)(F)F)c4c3C(F)(F)[C@@H]3C=C[C@H]43)c21. The lowest BCUT2D eigenvalue weighted by molar-refractivity contribution is -0.142. The van der Waals surface area contributed by atoms with E-state index in [0.29, 0.717) is 48.2 Å². The van der Waals surface area contributed by atoms with Crippen LogP contribution in [0.1, 0.15) is 40.2 Å². The number of carbonyl (C=O) groups excluding carboxylic acids is 1. The molecule has 5 aromatic heterocycles. The van der Waals surface area contributed by atoms with E-state index in [1.165, 1.54) is 28.4 Å². The summed E-state index contributed by atoms with van der Waals surface area (Å²) < 4.78 is 132. The number of pyridine rings is 1. The number of para-hydroxylation sites is 1. The van der Waals surface area contributed by atoms with Gasteiger partial charge in [-0.3, -0.25) is 18.9 Å². The Morgan fingerprint density at radius 2 is 1.81 bits per heavy atom. The van der Waals surface area contributed by atoms with E-state index >= 15 is 8.78 Å². The predicted octanol–water partition coefficient (Wildman–Crippen LogP) is 6.98. The van der Waals surface area contributed by atoms with Crippen molar-refractivity contribution in [2.45, 2.75) is 37.0 Å². The first-order valence-electron chi connectivity index (χ1n) is 17.6. The number of thiazole rings is 1. The van der Waals surface area contributed by atoms with E-state index in [0.717, 1.165) is 24.5 Å². The van der Waals surface area contributed by atoms with Gasteiger partial charge >= 0.3 is 6.18 Å². The van der Waals surface area contributed by atoms with Crippen LogP contribution in [-0.2, 0) is 46.9 Å². The number of allylic oxidation sites excluding steroid dienone is 2. The number of aromatic nitrogens is 8. The molecule has 304 valence electrons. The van der Waals surface area contributed by atoms with Crippen molar-refractivity contribution in [3.63, 3.8) is 0 Å². The molecule has 2 aliphatic carbocycles. The molecule has 59 heavy (non-hydrogen) atoms. The summed E-state index contributed by atoms with van der Waals surface area (Å²) in [4.78, 5) is 30.6. The number of fused-ring (bicyclic) bond motifs is 5. The van der Waals surface area contributed by atoms with Crippen molar-refractivity contribution in [3.8, 4) is 21.8 Å². The van der Waals surface area contributed by atoms with Crippen molar-refractivity contribution in [2.24, 2.45) is 13.0 Å². The Kier molecular flexibility index (Phi) is 8.74. The number of aryl methyl sites for hydroxylation is 1. The Morgan fingerprint density at radius 1 is 1.05 bits per heavy atom. The van der Waals surface area contributed by atoms with Crippen molar-refractivity contribution in [1.82, 2.24) is 44.8 Å². The summed E-state index contributed by atoms with van der Waals surface area (Å²) >= 11 is 1.21. The second-order valence-corrected chi connectivity index (χ2v) is 17.0. The molecule has 5 heterocycles. The van der Waals surface area contributed by atoms with Gasteiger partial charge in [0.15, 0.2) is 17.2 Å². The summed E-state index contributed by atoms with van der Waals surface area (Å²) in [5, 5.41) is 11.3. The minimum atomic E-state index is -5.11. The highest BCUT2D eigenvalue weighted by molar-refractivity contribution is 7.92. The van der Waals surface area contributed by atoms with Gasteiger partial charge in [-0.25, -0.2) is 32.2 Å². The van der Waals surface area contributed by atoms with Gasteiger partial charge in [0.05, 0.1) is 40.5 Å². The topological polar surface area (TPSA) is 165 Å². The molecule has 3 atom stereocenters. The van der Waals surface area contributed by atoms with Gasteiger partial charge in [-0.1, -0.05) is 24.3 Å². The number of aromatic amines is 1. The number of benzene rings is 2. The largest absolute Gasteiger partial charge is 0.435 e. The summed E-state index contributed by atoms with van der Waals surface area (Å²) in [7, 11) is -2.22. The molecule has 0 spiro atoms. The molecule has 0 bridgehead atoms. The molecule has 2 aromatic carbocycles. The molecule has 7 aromatic rings. The normalized spacial score (nSPS) is 17.6. The van der Waals surface area contributed by atoms with Crippen molar-refractivity contribution < 1.29 is 43.9 Å². The van der Waals surface area contributed by atoms with E-state index in [2.05, 4.69) is 35.2 Å². The second-order valence-electron chi connectivity index (χ2n) is 14.2. The Balaban J connectivity index is 1.21. The van der Waals surface area contributed by atoms with Gasteiger partial charge in [0, 0.05) is 47.3 Å². The van der Waals surface area contributed by atoms with Gasteiger partial charge in [0.2, 0.25) is 15.9 Å². The fourth-order valence-corrected chi connectivity index (χ4v) is 9.21. The number of hydrogen-bond donors (Lipinski definition) is 3. The number of nitrogens with zero attached hydrogens (tertiary/aromatic N) is 7. The molecule has 0 saturated heterocycles. The maximum atomic E-state index is 15.6. The monoisotopic (exact) mass is 856 g/mol.